The van der Waals surface area contributed by atoms with Crippen LogP contribution in [0.15, 0.2) is 0 Å². The number of rotatable bonds is 4. The first-order chi connectivity index (χ1) is 14.5. The van der Waals surface area contributed by atoms with E-state index in [1.165, 1.54) is 85.0 Å². The third kappa shape index (κ3) is 3.85. The number of piperidine rings is 2. The van der Waals surface area contributed by atoms with Crippen molar-refractivity contribution in [1.29, 1.82) is 0 Å². The molecule has 0 N–H and O–H groups in total. The number of fused-ring (bicyclic) bond motifs is 2. The van der Waals surface area contributed by atoms with Gasteiger partial charge in [-0.1, -0.05) is 12.8 Å². The van der Waals surface area contributed by atoms with Crippen LogP contribution in [0.1, 0.15) is 71.9 Å². The van der Waals surface area contributed by atoms with Crippen molar-refractivity contribution in [2.24, 2.45) is 0 Å². The predicted octanol–water partition coefficient (Wildman–Crippen LogP) is 4.25. The fraction of sp³-hybridized carbons (Fsp3) is 0.692. The smallest absolute Gasteiger partial charge is 0.147 e. The lowest BCUT2D eigenvalue weighted by Crippen LogP contribution is -2.33. The zero-order valence-electron chi connectivity index (χ0n) is 19.4. The summed E-state index contributed by atoms with van der Waals surface area (Å²) in [7, 11) is 0. The molecule has 0 aliphatic carbocycles. The summed E-state index contributed by atoms with van der Waals surface area (Å²) >= 11 is 0. The average molecular weight is 407 g/mol. The van der Waals surface area contributed by atoms with E-state index in [-0.39, 0.29) is 0 Å². The van der Waals surface area contributed by atoms with Crippen molar-refractivity contribution in [1.82, 2.24) is 19.6 Å². The normalized spacial score (nSPS) is 28.8. The first-order valence-electron chi connectivity index (χ1n) is 12.1. The van der Waals surface area contributed by atoms with Gasteiger partial charge in [0, 0.05) is 51.4 Å². The van der Waals surface area contributed by atoms with Gasteiger partial charge in [-0.05, 0) is 86.8 Å². The Morgan fingerprint density at radius 2 is 1.03 bits per heavy atom. The Bertz CT molecular complexity index is 666. The summed E-state index contributed by atoms with van der Waals surface area (Å²) in [6.07, 6.45) is 8.07. The molecule has 4 aliphatic heterocycles. The lowest BCUT2D eigenvalue weighted by molar-refractivity contribution is 0.229. The van der Waals surface area contributed by atoms with Crippen LogP contribution in [0.3, 0.4) is 0 Å². The first kappa shape index (κ1) is 20.9. The van der Waals surface area contributed by atoms with E-state index in [0.717, 1.165) is 26.2 Å². The second-order valence-electron chi connectivity index (χ2n) is 10.1. The maximum absolute atomic E-state index is 3.68. The van der Waals surface area contributed by atoms with E-state index in [0.29, 0.717) is 12.1 Å². The highest BCUT2D eigenvalue weighted by molar-refractivity contribution is 5.50. The molecule has 4 aliphatic rings. The van der Waals surface area contributed by atoms with Crippen molar-refractivity contribution in [2.75, 3.05) is 26.2 Å². The number of benzene rings is 1. The van der Waals surface area contributed by atoms with Gasteiger partial charge in [0.1, 0.15) is 13.3 Å². The maximum atomic E-state index is 3.68. The SMILES string of the molecule is Cc1c(C)c(CN2[C]N3CCCCC3C2)c(C)c(C)c1CN1[C]N2CCCCC2C1. The van der Waals surface area contributed by atoms with Gasteiger partial charge in [-0.15, -0.1) is 0 Å². The Balaban J connectivity index is 1.32. The third-order valence-electron chi connectivity index (χ3n) is 8.29. The molecule has 2 atom stereocenters. The van der Waals surface area contributed by atoms with Crippen molar-refractivity contribution in [2.45, 2.75) is 91.4 Å². The van der Waals surface area contributed by atoms with Gasteiger partial charge in [-0.3, -0.25) is 19.6 Å². The van der Waals surface area contributed by atoms with Crippen molar-refractivity contribution >= 4 is 0 Å². The summed E-state index contributed by atoms with van der Waals surface area (Å²) in [6, 6.07) is 1.39. The molecule has 0 saturated carbocycles. The van der Waals surface area contributed by atoms with Gasteiger partial charge < -0.3 is 0 Å². The van der Waals surface area contributed by atoms with Crippen LogP contribution in [0, 0.1) is 41.0 Å². The van der Waals surface area contributed by atoms with Crippen molar-refractivity contribution < 1.29 is 0 Å². The zero-order chi connectivity index (χ0) is 20.8. The van der Waals surface area contributed by atoms with Crippen LogP contribution in [0.4, 0.5) is 0 Å². The van der Waals surface area contributed by atoms with Crippen LogP contribution in [0.5, 0.6) is 0 Å². The second kappa shape index (κ2) is 8.54. The lowest BCUT2D eigenvalue weighted by Gasteiger charge is -2.26. The largest absolute Gasteiger partial charge is 0.275 e. The quantitative estimate of drug-likeness (QED) is 0.741. The molecule has 30 heavy (non-hydrogen) atoms. The molecule has 1 aromatic carbocycles. The Labute approximate surface area is 184 Å². The Morgan fingerprint density at radius 1 is 0.633 bits per heavy atom. The summed E-state index contributed by atoms with van der Waals surface area (Å²) in [5.41, 5.74) is 8.97. The van der Waals surface area contributed by atoms with Gasteiger partial charge >= 0.3 is 0 Å². The molecule has 4 nitrogen and oxygen atoms in total. The van der Waals surface area contributed by atoms with Gasteiger partial charge in [0.05, 0.1) is 0 Å². The van der Waals surface area contributed by atoms with E-state index in [1.807, 2.05) is 0 Å². The molecule has 0 amide bonds. The van der Waals surface area contributed by atoms with E-state index >= 15 is 0 Å². The van der Waals surface area contributed by atoms with Crippen LogP contribution < -0.4 is 0 Å². The molecule has 4 heteroatoms. The Hall–Kier alpha value is -0.940. The molecule has 162 valence electrons. The molecule has 1 aromatic rings. The topological polar surface area (TPSA) is 13.0 Å². The highest BCUT2D eigenvalue weighted by Crippen LogP contribution is 2.34. The molecule has 0 aromatic heterocycles. The van der Waals surface area contributed by atoms with Gasteiger partial charge in [-0.25, -0.2) is 0 Å². The van der Waals surface area contributed by atoms with Crippen LogP contribution in [-0.2, 0) is 13.1 Å². The highest BCUT2D eigenvalue weighted by Gasteiger charge is 2.35. The fourth-order valence-electron chi connectivity index (χ4n) is 6.12. The molecule has 0 bridgehead atoms. The number of hydrogen-bond donors (Lipinski definition) is 0. The van der Waals surface area contributed by atoms with Crippen molar-refractivity contribution in [3.63, 3.8) is 0 Å². The zero-order valence-corrected chi connectivity index (χ0v) is 19.4. The standard InChI is InChI=1S/C26H38N4/c1-19-20(2)26(16-28-14-24-10-6-8-12-30(24)18-28)22(4)21(3)25(19)15-27-13-23-9-5-7-11-29(23)17-27/h23-24H,5-16H2,1-4H3. The molecular formula is C26H38N4. The van der Waals surface area contributed by atoms with Gasteiger partial charge in [-0.2, -0.15) is 0 Å². The summed E-state index contributed by atoms with van der Waals surface area (Å²) < 4.78 is 0. The lowest BCUT2D eigenvalue weighted by atomic mass is 9.88. The minimum Gasteiger partial charge on any atom is -0.275 e. The summed E-state index contributed by atoms with van der Waals surface area (Å²) in [5, 5.41) is 0. The third-order valence-corrected chi connectivity index (χ3v) is 8.29. The van der Waals surface area contributed by atoms with E-state index in [1.54, 1.807) is 0 Å². The summed E-state index contributed by atoms with van der Waals surface area (Å²) in [4.78, 5) is 9.83. The Morgan fingerprint density at radius 3 is 1.40 bits per heavy atom. The molecule has 4 heterocycles. The Kier molecular flexibility index (Phi) is 5.96. The molecule has 0 spiro atoms. The molecule has 2 unspecified atom stereocenters. The molecule has 4 radical (unpaired) electrons. The van der Waals surface area contributed by atoms with E-state index in [4.69, 9.17) is 0 Å². The van der Waals surface area contributed by atoms with Crippen LogP contribution in [-0.4, -0.2) is 57.9 Å². The average Bonchev–Trinajstić information content (AvgIpc) is 3.35. The summed E-state index contributed by atoms with van der Waals surface area (Å²) in [5.74, 6) is 0. The van der Waals surface area contributed by atoms with Gasteiger partial charge in [0.2, 0.25) is 0 Å². The van der Waals surface area contributed by atoms with Crippen LogP contribution >= 0.6 is 0 Å². The van der Waals surface area contributed by atoms with Gasteiger partial charge in [0.15, 0.2) is 0 Å². The monoisotopic (exact) mass is 406 g/mol. The van der Waals surface area contributed by atoms with Crippen molar-refractivity contribution in [3.8, 4) is 0 Å². The molecule has 4 saturated heterocycles. The minimum absolute atomic E-state index is 0.695. The molecule has 4 fully saturated rings. The number of nitrogens with zero attached hydrogens (tertiary/aromatic N) is 4. The second-order valence-corrected chi connectivity index (χ2v) is 10.1. The van der Waals surface area contributed by atoms with Crippen LogP contribution in [0.2, 0.25) is 0 Å². The van der Waals surface area contributed by atoms with E-state index < -0.39 is 0 Å². The minimum atomic E-state index is 0.695. The van der Waals surface area contributed by atoms with Crippen LogP contribution in [0.25, 0.3) is 0 Å². The first-order valence-corrected chi connectivity index (χ1v) is 12.1. The van der Waals surface area contributed by atoms with Crippen molar-refractivity contribution in [3.05, 3.63) is 46.7 Å². The molecule has 5 rings (SSSR count). The van der Waals surface area contributed by atoms with E-state index in [9.17, 15) is 0 Å². The predicted molar refractivity (Wildman–Crippen MR) is 121 cm³/mol. The highest BCUT2D eigenvalue weighted by atomic mass is 15.4. The summed E-state index contributed by atoms with van der Waals surface area (Å²) in [6.45, 7) is 23.4. The number of hydrogen-bond acceptors (Lipinski definition) is 4. The molecular weight excluding hydrogens is 368 g/mol. The van der Waals surface area contributed by atoms with E-state index in [2.05, 4.69) is 60.6 Å². The maximum Gasteiger partial charge on any atom is 0.147 e. The van der Waals surface area contributed by atoms with Gasteiger partial charge in [0.25, 0.3) is 0 Å². The fourth-order valence-corrected chi connectivity index (χ4v) is 6.12.